The second kappa shape index (κ2) is 9.82. The summed E-state index contributed by atoms with van der Waals surface area (Å²) in [6.45, 7) is 9.07. The first-order chi connectivity index (χ1) is 8.82. The number of aliphatic carboxylic acids is 1. The van der Waals surface area contributed by atoms with Gasteiger partial charge in [-0.3, -0.25) is 9.59 Å². The van der Waals surface area contributed by atoms with Crippen LogP contribution >= 0.6 is 0 Å². The first-order valence-electron chi connectivity index (χ1n) is 7.31. The van der Waals surface area contributed by atoms with Crippen molar-refractivity contribution < 1.29 is 14.7 Å². The van der Waals surface area contributed by atoms with Gasteiger partial charge in [0.05, 0.1) is 0 Å². The van der Waals surface area contributed by atoms with E-state index in [0.29, 0.717) is 37.1 Å². The molecular weight excluding hydrogens is 242 g/mol. The third-order valence-electron chi connectivity index (χ3n) is 3.46. The number of hydrogen-bond acceptors (Lipinski definition) is 2. The van der Waals surface area contributed by atoms with Crippen LogP contribution in [-0.2, 0) is 9.59 Å². The highest BCUT2D eigenvalue weighted by Gasteiger charge is 2.15. The van der Waals surface area contributed by atoms with E-state index in [2.05, 4.69) is 33.0 Å². The number of nitrogens with one attached hydrogen (secondary N) is 1. The van der Waals surface area contributed by atoms with Gasteiger partial charge >= 0.3 is 5.97 Å². The van der Waals surface area contributed by atoms with Crippen LogP contribution in [0.4, 0.5) is 0 Å². The predicted octanol–water partition coefficient (Wildman–Crippen LogP) is 3.07. The molecule has 4 heteroatoms. The number of rotatable bonds is 10. The molecule has 0 aromatic heterocycles. The van der Waals surface area contributed by atoms with Crippen LogP contribution in [0.3, 0.4) is 0 Å². The Morgan fingerprint density at radius 2 is 1.63 bits per heavy atom. The molecule has 112 valence electrons. The molecule has 0 rings (SSSR count). The number of carbonyl (C=O) groups is 2. The van der Waals surface area contributed by atoms with Crippen molar-refractivity contribution >= 4 is 11.9 Å². The molecule has 0 aromatic carbocycles. The second-order valence-electron chi connectivity index (χ2n) is 6.01. The molecule has 0 spiro atoms. The van der Waals surface area contributed by atoms with Gasteiger partial charge in [-0.2, -0.15) is 0 Å². The molecule has 0 aromatic rings. The van der Waals surface area contributed by atoms with E-state index in [1.165, 1.54) is 0 Å². The van der Waals surface area contributed by atoms with E-state index >= 15 is 0 Å². The summed E-state index contributed by atoms with van der Waals surface area (Å²) in [5.41, 5.74) is 0. The topological polar surface area (TPSA) is 66.4 Å². The summed E-state index contributed by atoms with van der Waals surface area (Å²) < 4.78 is 0. The standard InChI is InChI=1S/C15H29NO3/c1-11(2)5-7-14(17)16-10-9-13(12(3)4)6-8-15(18)19/h11-13H,5-10H2,1-4H3,(H,16,17)(H,18,19). The minimum atomic E-state index is -0.744. The Morgan fingerprint density at radius 3 is 2.11 bits per heavy atom. The summed E-state index contributed by atoms with van der Waals surface area (Å²) in [7, 11) is 0. The molecule has 0 fully saturated rings. The molecule has 0 radical (unpaired) electrons. The van der Waals surface area contributed by atoms with Gasteiger partial charge in [0.15, 0.2) is 0 Å². The van der Waals surface area contributed by atoms with E-state index in [4.69, 9.17) is 5.11 Å². The second-order valence-corrected chi connectivity index (χ2v) is 6.01. The monoisotopic (exact) mass is 271 g/mol. The fourth-order valence-electron chi connectivity index (χ4n) is 2.03. The van der Waals surface area contributed by atoms with Gasteiger partial charge in [-0.25, -0.2) is 0 Å². The normalized spacial score (nSPS) is 12.7. The lowest BCUT2D eigenvalue weighted by Crippen LogP contribution is -2.27. The lowest BCUT2D eigenvalue weighted by atomic mass is 9.88. The van der Waals surface area contributed by atoms with Crippen LogP contribution in [-0.4, -0.2) is 23.5 Å². The zero-order valence-electron chi connectivity index (χ0n) is 12.7. The summed E-state index contributed by atoms with van der Waals surface area (Å²) in [5, 5.41) is 11.6. The van der Waals surface area contributed by atoms with Gasteiger partial charge in [0, 0.05) is 19.4 Å². The smallest absolute Gasteiger partial charge is 0.303 e. The van der Waals surface area contributed by atoms with Crippen LogP contribution in [0, 0.1) is 17.8 Å². The van der Waals surface area contributed by atoms with E-state index in [9.17, 15) is 9.59 Å². The third kappa shape index (κ3) is 10.5. The molecule has 0 heterocycles. The molecule has 19 heavy (non-hydrogen) atoms. The van der Waals surface area contributed by atoms with Crippen LogP contribution in [0.5, 0.6) is 0 Å². The van der Waals surface area contributed by atoms with Crippen molar-refractivity contribution in [3.8, 4) is 0 Å². The molecule has 0 saturated carbocycles. The first-order valence-corrected chi connectivity index (χ1v) is 7.31. The van der Waals surface area contributed by atoms with Gasteiger partial charge in [-0.05, 0) is 37.0 Å². The van der Waals surface area contributed by atoms with Gasteiger partial charge < -0.3 is 10.4 Å². The number of carboxylic acids is 1. The van der Waals surface area contributed by atoms with Crippen molar-refractivity contribution in [3.05, 3.63) is 0 Å². The molecular formula is C15H29NO3. The Bertz CT molecular complexity index is 275. The Labute approximate surface area is 117 Å². The van der Waals surface area contributed by atoms with Gasteiger partial charge in [-0.1, -0.05) is 27.7 Å². The number of hydrogen-bond donors (Lipinski definition) is 2. The molecule has 4 nitrogen and oxygen atoms in total. The van der Waals surface area contributed by atoms with Gasteiger partial charge in [0.25, 0.3) is 0 Å². The Balaban J connectivity index is 3.86. The number of carboxylic acid groups (broad SMARTS) is 1. The summed E-state index contributed by atoms with van der Waals surface area (Å²) in [4.78, 5) is 22.1. The van der Waals surface area contributed by atoms with Crippen LogP contribution in [0.2, 0.25) is 0 Å². The average Bonchev–Trinajstić information content (AvgIpc) is 2.30. The van der Waals surface area contributed by atoms with Gasteiger partial charge in [-0.15, -0.1) is 0 Å². The minimum Gasteiger partial charge on any atom is -0.481 e. The zero-order valence-corrected chi connectivity index (χ0v) is 12.7. The maximum absolute atomic E-state index is 11.6. The summed E-state index contributed by atoms with van der Waals surface area (Å²) in [6, 6.07) is 0. The summed E-state index contributed by atoms with van der Waals surface area (Å²) in [6.07, 6.45) is 3.26. The lowest BCUT2D eigenvalue weighted by molar-refractivity contribution is -0.137. The molecule has 1 atom stereocenters. The molecule has 0 aliphatic heterocycles. The molecule has 0 aliphatic rings. The van der Waals surface area contributed by atoms with Crippen LogP contribution in [0.25, 0.3) is 0 Å². The van der Waals surface area contributed by atoms with Gasteiger partial charge in [0.1, 0.15) is 0 Å². The van der Waals surface area contributed by atoms with Crippen molar-refractivity contribution in [2.75, 3.05) is 6.54 Å². The molecule has 1 amide bonds. The number of carbonyl (C=O) groups excluding carboxylic acids is 1. The largest absolute Gasteiger partial charge is 0.481 e. The van der Waals surface area contributed by atoms with E-state index in [1.54, 1.807) is 0 Å². The molecule has 0 saturated heterocycles. The molecule has 1 unspecified atom stereocenters. The fourth-order valence-corrected chi connectivity index (χ4v) is 2.03. The van der Waals surface area contributed by atoms with Crippen molar-refractivity contribution in [1.82, 2.24) is 5.32 Å². The van der Waals surface area contributed by atoms with Crippen molar-refractivity contribution in [3.63, 3.8) is 0 Å². The number of amides is 1. The lowest BCUT2D eigenvalue weighted by Gasteiger charge is -2.20. The maximum atomic E-state index is 11.6. The van der Waals surface area contributed by atoms with E-state index in [-0.39, 0.29) is 12.3 Å². The quantitative estimate of drug-likeness (QED) is 0.641. The van der Waals surface area contributed by atoms with Crippen molar-refractivity contribution in [2.45, 2.75) is 59.8 Å². The van der Waals surface area contributed by atoms with Crippen molar-refractivity contribution in [2.24, 2.45) is 17.8 Å². The maximum Gasteiger partial charge on any atom is 0.303 e. The van der Waals surface area contributed by atoms with E-state index in [0.717, 1.165) is 12.8 Å². The van der Waals surface area contributed by atoms with E-state index in [1.807, 2.05) is 0 Å². The third-order valence-corrected chi connectivity index (χ3v) is 3.46. The molecule has 0 aliphatic carbocycles. The molecule has 0 bridgehead atoms. The molecule has 2 N–H and O–H groups in total. The Hall–Kier alpha value is -1.06. The zero-order chi connectivity index (χ0) is 14.8. The first kappa shape index (κ1) is 17.9. The van der Waals surface area contributed by atoms with Gasteiger partial charge in [0.2, 0.25) is 5.91 Å². The van der Waals surface area contributed by atoms with E-state index < -0.39 is 5.97 Å². The van der Waals surface area contributed by atoms with Crippen molar-refractivity contribution in [1.29, 1.82) is 0 Å². The fraction of sp³-hybridized carbons (Fsp3) is 0.867. The van der Waals surface area contributed by atoms with Crippen LogP contribution in [0.15, 0.2) is 0 Å². The summed E-state index contributed by atoms with van der Waals surface area (Å²) in [5.74, 6) is 0.721. The predicted molar refractivity (Wildman–Crippen MR) is 76.9 cm³/mol. The minimum absolute atomic E-state index is 0.106. The van der Waals surface area contributed by atoms with Crippen LogP contribution < -0.4 is 5.32 Å². The SMILES string of the molecule is CC(C)CCC(=O)NCCC(CCC(=O)O)C(C)C. The highest BCUT2D eigenvalue weighted by molar-refractivity contribution is 5.75. The summed E-state index contributed by atoms with van der Waals surface area (Å²) >= 11 is 0. The highest BCUT2D eigenvalue weighted by atomic mass is 16.4. The highest BCUT2D eigenvalue weighted by Crippen LogP contribution is 2.20. The average molecular weight is 271 g/mol. The Kier molecular flexibility index (Phi) is 9.27. The Morgan fingerprint density at radius 1 is 1.00 bits per heavy atom. The van der Waals surface area contributed by atoms with Crippen LogP contribution in [0.1, 0.15) is 59.8 Å².